The van der Waals surface area contributed by atoms with Gasteiger partial charge in [0.2, 0.25) is 11.8 Å². The maximum Gasteiger partial charge on any atom is 0.573 e. The summed E-state index contributed by atoms with van der Waals surface area (Å²) in [5.74, 6) is 0.408. The van der Waals surface area contributed by atoms with Crippen molar-refractivity contribution >= 4 is 45.7 Å². The Bertz CT molecular complexity index is 2030. The third-order valence-corrected chi connectivity index (χ3v) is 11.3. The number of nitrogens with one attached hydrogen (secondary N) is 3. The van der Waals surface area contributed by atoms with E-state index in [0.29, 0.717) is 58.3 Å². The number of amides is 2. The molecule has 282 valence electrons. The zero-order chi connectivity index (χ0) is 37.3. The molecule has 2 aromatic carbocycles. The fourth-order valence-corrected chi connectivity index (χ4v) is 8.25. The number of carbonyl (C=O) groups excluding carboxylic acids is 2. The number of carbonyl (C=O) groups is 2. The lowest BCUT2D eigenvalue weighted by Gasteiger charge is -2.36. The molecule has 2 aromatic heterocycles. The number of hydrogen-bond donors (Lipinski definition) is 3. The Morgan fingerprint density at radius 3 is 2.36 bits per heavy atom. The fraction of sp³-hybridized carbons (Fsp3) is 0.474. The summed E-state index contributed by atoms with van der Waals surface area (Å²) in [5.41, 5.74) is 3.29. The second-order valence-corrected chi connectivity index (χ2v) is 14.9. The van der Waals surface area contributed by atoms with Gasteiger partial charge in [-0.25, -0.2) is 0 Å². The average molecular weight is 754 g/mol. The van der Waals surface area contributed by atoms with E-state index in [4.69, 9.17) is 11.6 Å². The lowest BCUT2D eigenvalue weighted by Crippen LogP contribution is -2.47. The van der Waals surface area contributed by atoms with Crippen molar-refractivity contribution in [2.24, 2.45) is 18.9 Å². The van der Waals surface area contributed by atoms with E-state index >= 15 is 0 Å². The summed E-state index contributed by atoms with van der Waals surface area (Å²) in [5, 5.41) is 13.4. The number of aryl methyl sites for hydroxylation is 1. The summed E-state index contributed by atoms with van der Waals surface area (Å²) in [6.07, 6.45) is 5.45. The van der Waals surface area contributed by atoms with E-state index in [1.807, 2.05) is 18.2 Å². The van der Waals surface area contributed by atoms with E-state index in [2.05, 4.69) is 35.4 Å². The molecule has 3 saturated heterocycles. The van der Waals surface area contributed by atoms with Gasteiger partial charge in [0.25, 0.3) is 5.56 Å². The Kier molecular flexibility index (Phi) is 10.7. The number of benzene rings is 2. The first-order chi connectivity index (χ1) is 25.4. The number of rotatable bonds is 10. The van der Waals surface area contributed by atoms with Gasteiger partial charge in [-0.15, -0.1) is 13.2 Å². The Hall–Kier alpha value is -4.56. The van der Waals surface area contributed by atoms with Crippen molar-refractivity contribution in [2.75, 3.05) is 36.4 Å². The molecule has 3 aliphatic rings. The lowest BCUT2D eigenvalue weighted by molar-refractivity contribution is -0.275. The molecule has 7 rings (SSSR count). The van der Waals surface area contributed by atoms with Crippen LogP contribution in [0.5, 0.6) is 5.75 Å². The van der Waals surface area contributed by atoms with Gasteiger partial charge in [0.15, 0.2) is 0 Å². The number of aromatic amines is 1. The molecule has 5 heterocycles. The zero-order valence-electron chi connectivity index (χ0n) is 29.5. The summed E-state index contributed by atoms with van der Waals surface area (Å²) in [6, 6.07) is 10.2. The van der Waals surface area contributed by atoms with Crippen molar-refractivity contribution in [2.45, 2.75) is 70.3 Å². The first-order valence-electron chi connectivity index (χ1n) is 18.2. The molecule has 2 amide bonds. The first-order valence-corrected chi connectivity index (χ1v) is 18.6. The molecule has 1 atom stereocenters. The Morgan fingerprint density at radius 2 is 1.68 bits per heavy atom. The van der Waals surface area contributed by atoms with Gasteiger partial charge in [-0.3, -0.25) is 29.7 Å². The standard InChI is InChI=1S/C38H43ClF3N7O4/c1-47-22-29(28-20-43-46-35(28)37(47)52)25-4-5-26(33(18-25)53-38(40,41)42)21-48-14-10-23(11-15-48)2-3-24-12-16-49(17-13-24)32-8-6-27(19-30(32)39)44-31-7-9-34(50)45-36(31)51/h4-6,8,18-20,22-24,31,44H,2-3,7,9-17,21H2,1H3,(H,43,46)(H,45,50,51). The monoisotopic (exact) mass is 753 g/mol. The SMILES string of the molecule is Cn1cc(-c2ccc(CN3CCC(CCC4CCN(c5ccc(NC6CCC(=O)NC6=O)cc5Cl)CC4)CC3)c(OC(F)(F)F)c2)c2cn[nH]c2c1=O. The number of H-pyrrole nitrogens is 1. The van der Waals surface area contributed by atoms with E-state index in [1.54, 1.807) is 25.4 Å². The van der Waals surface area contributed by atoms with E-state index < -0.39 is 12.4 Å². The molecule has 0 aliphatic carbocycles. The van der Waals surface area contributed by atoms with Crippen molar-refractivity contribution in [3.63, 3.8) is 0 Å². The molecule has 3 aliphatic heterocycles. The van der Waals surface area contributed by atoms with Crippen LogP contribution in [-0.2, 0) is 23.2 Å². The molecule has 1 unspecified atom stereocenters. The van der Waals surface area contributed by atoms with E-state index in [-0.39, 0.29) is 28.6 Å². The summed E-state index contributed by atoms with van der Waals surface area (Å²) >= 11 is 6.69. The van der Waals surface area contributed by atoms with Crippen LogP contribution >= 0.6 is 11.6 Å². The van der Waals surface area contributed by atoms with Gasteiger partial charge in [0.1, 0.15) is 17.3 Å². The third-order valence-electron chi connectivity index (χ3n) is 11.0. The number of imide groups is 1. The number of hydrogen-bond acceptors (Lipinski definition) is 8. The van der Waals surface area contributed by atoms with Crippen molar-refractivity contribution in [1.29, 1.82) is 0 Å². The second kappa shape index (κ2) is 15.4. The lowest BCUT2D eigenvalue weighted by atomic mass is 9.85. The number of halogens is 4. The molecule has 0 spiro atoms. The molecule has 4 aromatic rings. The van der Waals surface area contributed by atoms with Crippen molar-refractivity contribution < 1.29 is 27.5 Å². The predicted octanol–water partition coefficient (Wildman–Crippen LogP) is 6.61. The predicted molar refractivity (Wildman–Crippen MR) is 197 cm³/mol. The van der Waals surface area contributed by atoms with Crippen molar-refractivity contribution in [1.82, 2.24) is 25.0 Å². The first kappa shape index (κ1) is 36.8. The molecule has 3 N–H and O–H groups in total. The van der Waals surface area contributed by atoms with Crippen LogP contribution in [0.25, 0.3) is 22.0 Å². The highest BCUT2D eigenvalue weighted by molar-refractivity contribution is 6.33. The van der Waals surface area contributed by atoms with E-state index in [9.17, 15) is 27.6 Å². The topological polar surface area (TPSA) is 125 Å². The van der Waals surface area contributed by atoms with Gasteiger partial charge in [0, 0.05) is 61.5 Å². The molecule has 15 heteroatoms. The fourth-order valence-electron chi connectivity index (χ4n) is 7.95. The Morgan fingerprint density at radius 1 is 0.962 bits per heavy atom. The third kappa shape index (κ3) is 8.65. The molecule has 53 heavy (non-hydrogen) atoms. The number of alkyl halides is 3. The van der Waals surface area contributed by atoms with Crippen LogP contribution in [0.15, 0.2) is 53.6 Å². The average Bonchev–Trinajstić information content (AvgIpc) is 3.62. The largest absolute Gasteiger partial charge is 0.573 e. The van der Waals surface area contributed by atoms with Gasteiger partial charge in [0.05, 0.1) is 16.9 Å². The summed E-state index contributed by atoms with van der Waals surface area (Å²) in [6.45, 7) is 3.79. The number of anilines is 2. The number of pyridine rings is 1. The van der Waals surface area contributed by atoms with Crippen molar-refractivity contribution in [3.8, 4) is 16.9 Å². The quantitative estimate of drug-likeness (QED) is 0.155. The van der Waals surface area contributed by atoms with Gasteiger partial charge in [-0.1, -0.05) is 36.6 Å². The number of fused-ring (bicyclic) bond motifs is 1. The van der Waals surface area contributed by atoms with Crippen LogP contribution in [0, 0.1) is 11.8 Å². The van der Waals surface area contributed by atoms with Gasteiger partial charge >= 0.3 is 6.36 Å². The molecule has 0 bridgehead atoms. The summed E-state index contributed by atoms with van der Waals surface area (Å²) in [4.78, 5) is 40.6. The summed E-state index contributed by atoms with van der Waals surface area (Å²) < 4.78 is 46.6. The van der Waals surface area contributed by atoms with Crippen LogP contribution in [0.4, 0.5) is 24.5 Å². The maximum atomic E-state index is 13.6. The molecule has 0 saturated carbocycles. The van der Waals surface area contributed by atoms with Gasteiger partial charge in [-0.2, -0.15) is 5.10 Å². The highest BCUT2D eigenvalue weighted by Gasteiger charge is 2.33. The highest BCUT2D eigenvalue weighted by atomic mass is 35.5. The number of nitrogens with zero attached hydrogens (tertiary/aromatic N) is 4. The van der Waals surface area contributed by atoms with Crippen LogP contribution in [0.2, 0.25) is 5.02 Å². The minimum atomic E-state index is -4.85. The normalized spacial score (nSPS) is 19.5. The maximum absolute atomic E-state index is 13.6. The Labute approximate surface area is 309 Å². The number of piperidine rings is 3. The van der Waals surface area contributed by atoms with Gasteiger partial charge in [-0.05, 0) is 86.9 Å². The van der Waals surface area contributed by atoms with Crippen LogP contribution in [0.3, 0.4) is 0 Å². The molecule has 0 radical (unpaired) electrons. The minimum absolute atomic E-state index is 0.241. The highest BCUT2D eigenvalue weighted by Crippen LogP contribution is 2.37. The molecule has 3 fully saturated rings. The smallest absolute Gasteiger partial charge is 0.405 e. The number of ether oxygens (including phenoxy) is 1. The molecule has 11 nitrogen and oxygen atoms in total. The van der Waals surface area contributed by atoms with Crippen LogP contribution < -0.4 is 25.8 Å². The Balaban J connectivity index is 0.890. The van der Waals surface area contributed by atoms with Crippen LogP contribution in [0.1, 0.15) is 56.9 Å². The minimum Gasteiger partial charge on any atom is -0.405 e. The zero-order valence-corrected chi connectivity index (χ0v) is 30.2. The molecular weight excluding hydrogens is 711 g/mol. The van der Waals surface area contributed by atoms with Gasteiger partial charge < -0.3 is 19.5 Å². The van der Waals surface area contributed by atoms with E-state index in [1.165, 1.54) is 16.8 Å². The second-order valence-electron chi connectivity index (χ2n) is 14.5. The van der Waals surface area contributed by atoms with Crippen molar-refractivity contribution in [3.05, 3.63) is 69.7 Å². The number of likely N-dealkylation sites (tertiary alicyclic amines) is 1. The van der Waals surface area contributed by atoms with E-state index in [0.717, 1.165) is 76.1 Å². The molecular formula is C38H43ClF3N7O4. The number of aromatic nitrogens is 3. The summed E-state index contributed by atoms with van der Waals surface area (Å²) in [7, 11) is 1.59. The van der Waals surface area contributed by atoms with Crippen LogP contribution in [-0.4, -0.2) is 70.1 Å².